The molecule has 0 radical (unpaired) electrons. The molecule has 0 saturated carbocycles. The number of benzene rings is 1. The van der Waals surface area contributed by atoms with Crippen molar-refractivity contribution in [3.05, 3.63) is 35.1 Å². The van der Waals surface area contributed by atoms with Crippen molar-refractivity contribution in [2.24, 2.45) is 0 Å². The van der Waals surface area contributed by atoms with E-state index in [4.69, 9.17) is 5.11 Å². The second-order valence-electron chi connectivity index (χ2n) is 2.44. The van der Waals surface area contributed by atoms with Gasteiger partial charge in [0, 0.05) is 5.56 Å². The van der Waals surface area contributed by atoms with Crippen LogP contribution in [0.3, 0.4) is 0 Å². The maximum atomic E-state index is 12.7. The van der Waals surface area contributed by atoms with Crippen molar-refractivity contribution in [2.75, 3.05) is 0 Å². The third-order valence-electron chi connectivity index (χ3n) is 1.52. The number of hydrogen-bond donors (Lipinski definition) is 1. The van der Waals surface area contributed by atoms with Crippen LogP contribution in [-0.4, -0.2) is 5.11 Å². The Hall–Kier alpha value is -1.03. The standard InChI is InChI=1S/C8H7F3O/c1-4(12)5-2-3-6(9)8(11)7(5)10/h2-4,12H,1H3/t4-/m0/s1. The molecule has 1 N–H and O–H groups in total. The summed E-state index contributed by atoms with van der Waals surface area (Å²) in [5.41, 5.74) is -0.242. The smallest absolute Gasteiger partial charge is 0.194 e. The lowest BCUT2D eigenvalue weighted by molar-refractivity contribution is 0.192. The van der Waals surface area contributed by atoms with Crippen LogP contribution in [0.25, 0.3) is 0 Å². The first kappa shape index (κ1) is 9.06. The van der Waals surface area contributed by atoms with Crippen LogP contribution in [0.4, 0.5) is 13.2 Å². The number of rotatable bonds is 1. The number of hydrogen-bond acceptors (Lipinski definition) is 1. The van der Waals surface area contributed by atoms with E-state index in [1.54, 1.807) is 0 Å². The molecule has 0 bridgehead atoms. The Balaban J connectivity index is 3.27. The van der Waals surface area contributed by atoms with Gasteiger partial charge in [0.05, 0.1) is 6.10 Å². The van der Waals surface area contributed by atoms with Gasteiger partial charge in [-0.1, -0.05) is 6.07 Å². The first-order valence-corrected chi connectivity index (χ1v) is 3.35. The number of aliphatic hydroxyl groups excluding tert-OH is 1. The molecule has 0 fully saturated rings. The summed E-state index contributed by atoms with van der Waals surface area (Å²) in [5.74, 6) is -4.13. The lowest BCUT2D eigenvalue weighted by Crippen LogP contribution is -2.00. The van der Waals surface area contributed by atoms with Crippen molar-refractivity contribution in [3.8, 4) is 0 Å². The van der Waals surface area contributed by atoms with Crippen LogP contribution in [-0.2, 0) is 0 Å². The Morgan fingerprint density at radius 2 is 1.75 bits per heavy atom. The average molecular weight is 176 g/mol. The van der Waals surface area contributed by atoms with Crippen molar-refractivity contribution in [2.45, 2.75) is 13.0 Å². The van der Waals surface area contributed by atoms with E-state index in [9.17, 15) is 13.2 Å². The summed E-state index contributed by atoms with van der Waals surface area (Å²) in [6.45, 7) is 1.27. The van der Waals surface area contributed by atoms with Gasteiger partial charge in [0.25, 0.3) is 0 Å². The second-order valence-corrected chi connectivity index (χ2v) is 2.44. The number of halogens is 3. The summed E-state index contributed by atoms with van der Waals surface area (Å²) in [6.07, 6.45) is -1.14. The van der Waals surface area contributed by atoms with Crippen molar-refractivity contribution >= 4 is 0 Å². The van der Waals surface area contributed by atoms with E-state index in [0.29, 0.717) is 0 Å². The molecule has 0 heterocycles. The largest absolute Gasteiger partial charge is 0.389 e. The van der Waals surface area contributed by atoms with Crippen molar-refractivity contribution in [1.29, 1.82) is 0 Å². The summed E-state index contributed by atoms with van der Waals surface area (Å²) < 4.78 is 37.6. The van der Waals surface area contributed by atoms with E-state index in [1.807, 2.05) is 0 Å². The predicted octanol–water partition coefficient (Wildman–Crippen LogP) is 2.16. The summed E-state index contributed by atoms with van der Waals surface area (Å²) in [4.78, 5) is 0. The molecule has 0 aromatic heterocycles. The molecule has 1 aromatic carbocycles. The zero-order valence-electron chi connectivity index (χ0n) is 6.31. The van der Waals surface area contributed by atoms with Gasteiger partial charge in [-0.25, -0.2) is 13.2 Å². The SMILES string of the molecule is C[C@H](O)c1ccc(F)c(F)c1F. The van der Waals surface area contributed by atoms with E-state index >= 15 is 0 Å². The van der Waals surface area contributed by atoms with Crippen LogP contribution in [0.2, 0.25) is 0 Å². The van der Waals surface area contributed by atoms with Crippen LogP contribution >= 0.6 is 0 Å². The Bertz CT molecular complexity index is 297. The fourth-order valence-corrected chi connectivity index (χ4v) is 0.863. The summed E-state index contributed by atoms with van der Waals surface area (Å²) in [6, 6.07) is 1.79. The van der Waals surface area contributed by atoms with Crippen molar-refractivity contribution in [1.82, 2.24) is 0 Å². The highest BCUT2D eigenvalue weighted by Gasteiger charge is 2.15. The van der Waals surface area contributed by atoms with Gasteiger partial charge in [-0.2, -0.15) is 0 Å². The minimum absolute atomic E-state index is 0.242. The Labute approximate surface area is 67.5 Å². The highest BCUT2D eigenvalue weighted by Crippen LogP contribution is 2.20. The summed E-state index contributed by atoms with van der Waals surface area (Å²) >= 11 is 0. The third-order valence-corrected chi connectivity index (χ3v) is 1.52. The predicted molar refractivity (Wildman–Crippen MR) is 36.9 cm³/mol. The molecule has 0 amide bonds. The maximum absolute atomic E-state index is 12.7. The Kier molecular flexibility index (Phi) is 2.38. The van der Waals surface area contributed by atoms with Gasteiger partial charge >= 0.3 is 0 Å². The first-order chi connectivity index (χ1) is 5.54. The van der Waals surface area contributed by atoms with Crippen LogP contribution in [0.5, 0.6) is 0 Å². The molecule has 0 aliphatic carbocycles. The molecule has 4 heteroatoms. The molecular weight excluding hydrogens is 169 g/mol. The number of aliphatic hydroxyl groups is 1. The zero-order chi connectivity index (χ0) is 9.30. The molecule has 1 nitrogen and oxygen atoms in total. The molecule has 1 aromatic rings. The van der Waals surface area contributed by atoms with E-state index < -0.39 is 23.6 Å². The van der Waals surface area contributed by atoms with Gasteiger partial charge in [-0.15, -0.1) is 0 Å². The summed E-state index contributed by atoms with van der Waals surface area (Å²) in [7, 11) is 0. The van der Waals surface area contributed by atoms with E-state index in [1.165, 1.54) is 6.92 Å². The highest BCUT2D eigenvalue weighted by molar-refractivity contribution is 5.21. The Morgan fingerprint density at radius 3 is 2.25 bits per heavy atom. The molecule has 0 aliphatic heterocycles. The molecule has 0 aliphatic rings. The molecule has 66 valence electrons. The molecule has 0 saturated heterocycles. The minimum atomic E-state index is -1.55. The quantitative estimate of drug-likeness (QED) is 0.650. The average Bonchev–Trinajstić information content (AvgIpc) is 2.00. The second kappa shape index (κ2) is 3.15. The monoisotopic (exact) mass is 176 g/mol. The normalized spacial score (nSPS) is 13.1. The lowest BCUT2D eigenvalue weighted by atomic mass is 10.1. The van der Waals surface area contributed by atoms with Crippen molar-refractivity contribution in [3.63, 3.8) is 0 Å². The topological polar surface area (TPSA) is 20.2 Å². The highest BCUT2D eigenvalue weighted by atomic mass is 19.2. The van der Waals surface area contributed by atoms with E-state index in [0.717, 1.165) is 12.1 Å². The van der Waals surface area contributed by atoms with Crippen LogP contribution in [0.15, 0.2) is 12.1 Å². The Morgan fingerprint density at radius 1 is 1.17 bits per heavy atom. The molecule has 0 unspecified atom stereocenters. The fourth-order valence-electron chi connectivity index (χ4n) is 0.863. The maximum Gasteiger partial charge on any atom is 0.194 e. The van der Waals surface area contributed by atoms with E-state index in [-0.39, 0.29) is 5.56 Å². The van der Waals surface area contributed by atoms with Crippen LogP contribution in [0.1, 0.15) is 18.6 Å². The first-order valence-electron chi connectivity index (χ1n) is 3.35. The third kappa shape index (κ3) is 1.43. The molecule has 1 rings (SSSR count). The van der Waals surface area contributed by atoms with E-state index in [2.05, 4.69) is 0 Å². The van der Waals surface area contributed by atoms with Gasteiger partial charge in [0.1, 0.15) is 0 Å². The fraction of sp³-hybridized carbons (Fsp3) is 0.250. The van der Waals surface area contributed by atoms with Gasteiger partial charge in [-0.3, -0.25) is 0 Å². The molecule has 12 heavy (non-hydrogen) atoms. The minimum Gasteiger partial charge on any atom is -0.389 e. The van der Waals surface area contributed by atoms with Crippen LogP contribution in [0, 0.1) is 17.5 Å². The van der Waals surface area contributed by atoms with Gasteiger partial charge in [0.15, 0.2) is 17.5 Å². The van der Waals surface area contributed by atoms with Crippen LogP contribution < -0.4 is 0 Å². The summed E-state index contributed by atoms with van der Waals surface area (Å²) in [5, 5.41) is 8.89. The zero-order valence-corrected chi connectivity index (χ0v) is 6.31. The molecular formula is C8H7F3O. The lowest BCUT2D eigenvalue weighted by Gasteiger charge is -2.06. The van der Waals surface area contributed by atoms with Crippen molar-refractivity contribution < 1.29 is 18.3 Å². The molecule has 0 spiro atoms. The van der Waals surface area contributed by atoms with Gasteiger partial charge in [0.2, 0.25) is 0 Å². The van der Waals surface area contributed by atoms with Gasteiger partial charge in [-0.05, 0) is 13.0 Å². The van der Waals surface area contributed by atoms with Gasteiger partial charge < -0.3 is 5.11 Å². The molecule has 1 atom stereocenters.